The van der Waals surface area contributed by atoms with Crippen molar-refractivity contribution in [1.29, 1.82) is 4.78 Å². The lowest BCUT2D eigenvalue weighted by atomic mass is 9.98. The molecule has 18 heteroatoms. The Morgan fingerprint density at radius 1 is 0.934 bits per heavy atom. The highest BCUT2D eigenvalue weighted by molar-refractivity contribution is 7.91. The minimum atomic E-state index is -2.96. The summed E-state index contributed by atoms with van der Waals surface area (Å²) < 4.78 is 52.5. The Bertz CT molecular complexity index is 3120. The van der Waals surface area contributed by atoms with Gasteiger partial charge in [0.2, 0.25) is 0 Å². The van der Waals surface area contributed by atoms with Crippen LogP contribution < -0.4 is 16.3 Å². The third-order valence-corrected chi connectivity index (χ3v) is 13.5. The first kappa shape index (κ1) is 38.7. The maximum atomic E-state index is 15.3. The summed E-state index contributed by atoms with van der Waals surface area (Å²) in [5, 5.41) is 10.0. The van der Waals surface area contributed by atoms with E-state index in [-0.39, 0.29) is 11.7 Å². The molecule has 0 radical (unpaired) electrons. The van der Waals surface area contributed by atoms with Gasteiger partial charge in [0, 0.05) is 71.8 Å². The Hall–Kier alpha value is -6.53. The minimum Gasteiger partial charge on any atom is -0.378 e. The number of halogens is 1. The van der Waals surface area contributed by atoms with Crippen molar-refractivity contribution >= 4 is 32.2 Å². The Balaban J connectivity index is 1.11. The lowest BCUT2D eigenvalue weighted by Gasteiger charge is -2.34. The van der Waals surface area contributed by atoms with Gasteiger partial charge in [-0.05, 0) is 105 Å². The number of benzene rings is 3. The number of hydrogen-bond acceptors (Lipinski definition) is 10. The summed E-state index contributed by atoms with van der Waals surface area (Å²) in [5.74, 6) is -0.501. The van der Waals surface area contributed by atoms with Crippen molar-refractivity contribution in [3.05, 3.63) is 134 Å². The number of rotatable bonds is 8. The van der Waals surface area contributed by atoms with Gasteiger partial charge < -0.3 is 19.1 Å². The Kier molecular flexibility index (Phi) is 8.88. The molecule has 0 spiro atoms. The molecule has 0 bridgehead atoms. The van der Waals surface area contributed by atoms with Crippen molar-refractivity contribution in [1.82, 2.24) is 38.5 Å². The fourth-order valence-corrected chi connectivity index (χ4v) is 9.75. The summed E-state index contributed by atoms with van der Waals surface area (Å²) in [6.07, 6.45) is 6.22. The predicted octanol–water partition coefficient (Wildman–Crippen LogP) is 5.37. The number of carbonyl (C=O) groups excluding carboxylic acids is 1. The number of amides is 1. The predicted molar refractivity (Wildman–Crippen MR) is 225 cm³/mol. The maximum Gasteiger partial charge on any atom is 0.438 e. The summed E-state index contributed by atoms with van der Waals surface area (Å²) in [5.41, 5.74) is 4.24. The van der Waals surface area contributed by atoms with Crippen molar-refractivity contribution in [3.63, 3.8) is 0 Å². The number of fused-ring (bicyclic) bond motifs is 2. The second kappa shape index (κ2) is 14.0. The lowest BCUT2D eigenvalue weighted by molar-refractivity contribution is 0.0664. The fraction of sp³-hybridized carbons (Fsp3) is 0.326. The average Bonchev–Trinajstić information content (AvgIpc) is 3.54. The summed E-state index contributed by atoms with van der Waals surface area (Å²) in [6, 6.07) is 17.3. The number of aromatic amines is 1. The fourth-order valence-electron chi connectivity index (χ4n) is 9.09. The molecule has 2 fully saturated rings. The number of nitrogens with one attached hydrogen (secondary N) is 2. The van der Waals surface area contributed by atoms with Gasteiger partial charge in [-0.3, -0.25) is 23.4 Å². The molecule has 2 N–H and O–H groups in total. The zero-order valence-corrected chi connectivity index (χ0v) is 34.8. The van der Waals surface area contributed by atoms with E-state index in [4.69, 9.17) is 19.1 Å². The van der Waals surface area contributed by atoms with Crippen LogP contribution in [0.1, 0.15) is 64.5 Å². The first-order chi connectivity index (χ1) is 29.2. The van der Waals surface area contributed by atoms with Crippen LogP contribution in [-0.2, 0) is 26.4 Å². The molecule has 3 aromatic carbocycles. The number of nitrogens with zero attached hydrogens (tertiary/aromatic N) is 8. The van der Waals surface area contributed by atoms with E-state index in [2.05, 4.69) is 21.1 Å². The molecule has 1 saturated heterocycles. The van der Waals surface area contributed by atoms with Crippen LogP contribution in [-0.4, -0.2) is 87.7 Å². The van der Waals surface area contributed by atoms with Crippen LogP contribution in [0.4, 0.5) is 10.1 Å². The zero-order valence-electron chi connectivity index (χ0n) is 34.0. The number of imidazole rings is 1. The van der Waals surface area contributed by atoms with E-state index in [9.17, 15) is 13.8 Å². The molecule has 2 aliphatic heterocycles. The number of aryl methyl sites for hydroxylation is 2. The quantitative estimate of drug-likeness (QED) is 0.203. The van der Waals surface area contributed by atoms with E-state index in [0.717, 1.165) is 29.7 Å². The number of carbonyl (C=O) groups is 1. The van der Waals surface area contributed by atoms with Gasteiger partial charge in [0.1, 0.15) is 22.9 Å². The van der Waals surface area contributed by atoms with E-state index in [0.29, 0.717) is 95.0 Å². The molecule has 1 amide bonds. The molecule has 3 aliphatic rings. The molecular weight excluding hydrogens is 804 g/mol. The average molecular weight is 847 g/mol. The minimum absolute atomic E-state index is 0.251. The number of anilines is 1. The monoisotopic (exact) mass is 846 g/mol. The molecule has 1 aliphatic carbocycles. The second-order valence-corrected chi connectivity index (χ2v) is 18.4. The summed E-state index contributed by atoms with van der Waals surface area (Å²) in [4.78, 5) is 49.2. The molecule has 61 heavy (non-hydrogen) atoms. The molecule has 1 saturated carbocycles. The van der Waals surface area contributed by atoms with Crippen LogP contribution in [0.25, 0.3) is 28.1 Å². The molecule has 7 aromatic rings. The molecule has 314 valence electrons. The van der Waals surface area contributed by atoms with Crippen LogP contribution in [0.3, 0.4) is 0 Å². The van der Waals surface area contributed by atoms with Crippen molar-refractivity contribution in [3.8, 4) is 17.2 Å². The molecule has 2 atom stereocenters. The highest BCUT2D eigenvalue weighted by atomic mass is 32.2. The van der Waals surface area contributed by atoms with Crippen LogP contribution in [0.2, 0.25) is 0 Å². The largest absolute Gasteiger partial charge is 0.438 e. The number of morpholine rings is 1. The van der Waals surface area contributed by atoms with Crippen LogP contribution in [0.5, 0.6) is 0 Å². The molecule has 1 unspecified atom stereocenters. The number of aromatic nitrogens is 7. The van der Waals surface area contributed by atoms with Gasteiger partial charge in [0.05, 0.1) is 46.1 Å². The maximum absolute atomic E-state index is 15.3. The lowest BCUT2D eigenvalue weighted by Crippen LogP contribution is -2.41. The Labute approximate surface area is 348 Å². The van der Waals surface area contributed by atoms with Gasteiger partial charge >= 0.3 is 11.4 Å². The van der Waals surface area contributed by atoms with Gasteiger partial charge in [-0.15, -0.1) is 0 Å². The van der Waals surface area contributed by atoms with E-state index < -0.39 is 32.8 Å². The Morgan fingerprint density at radius 3 is 2.28 bits per heavy atom. The SMILES string of the molecule is Cc1cc(-n2nc3c(c2-n2ccn(-c4ccc(S(C)(=N)=O)cc4)c2=O)[C@H](C)N(C(=O)c2cc4cc(N5CCOCC5)ccc4n2C2(c4noc(=O)[nH]4)CC2)CC3)cc(C)c1F. The van der Waals surface area contributed by atoms with Crippen molar-refractivity contribution in [2.45, 2.75) is 56.5 Å². The summed E-state index contributed by atoms with van der Waals surface area (Å²) in [6.45, 7) is 8.34. The summed E-state index contributed by atoms with van der Waals surface area (Å²) >= 11 is 0. The standard InChI is InChI=1S/C43H43FN10O6S/c1-25-21-31(22-26(2)37(25)44)54-38(52-16-15-51(42(52)57)29-5-8-32(9-6-29)61(4,45)58)36-27(3)50(14-11-33(36)47-54)39(55)35-24-28-23-30(49-17-19-59-20-18-49)7-10-34(28)53(35)43(12-13-43)40-46-41(56)60-48-40/h5-10,15-16,21-24,27,45H,11-14,17-20H2,1-4H3,(H,46,48,56)/t27-,61?/m0/s1. The first-order valence-electron chi connectivity index (χ1n) is 20.1. The zero-order chi connectivity index (χ0) is 42.5. The van der Waals surface area contributed by atoms with Gasteiger partial charge in [-0.2, -0.15) is 5.10 Å². The first-order valence-corrected chi connectivity index (χ1v) is 22.1. The van der Waals surface area contributed by atoms with Crippen LogP contribution >= 0.6 is 0 Å². The highest BCUT2D eigenvalue weighted by Gasteiger charge is 2.52. The van der Waals surface area contributed by atoms with Crippen molar-refractivity contribution < 1.29 is 22.7 Å². The molecular formula is C43H43FN10O6S. The molecule has 6 heterocycles. The molecule has 4 aromatic heterocycles. The topological polar surface area (TPSA) is 182 Å². The molecule has 10 rings (SSSR count). The van der Waals surface area contributed by atoms with Crippen LogP contribution in [0.15, 0.2) is 92.1 Å². The van der Waals surface area contributed by atoms with E-state index >= 15 is 9.18 Å². The number of ether oxygens (including phenoxy) is 1. The van der Waals surface area contributed by atoms with Gasteiger partial charge in [-0.25, -0.2) is 27.6 Å². The summed E-state index contributed by atoms with van der Waals surface area (Å²) in [7, 11) is -2.96. The van der Waals surface area contributed by atoms with Gasteiger partial charge in [0.15, 0.2) is 5.82 Å². The normalized spacial score (nSPS) is 18.3. The highest BCUT2D eigenvalue weighted by Crippen LogP contribution is 2.51. The number of H-pyrrole nitrogens is 1. The van der Waals surface area contributed by atoms with Crippen LogP contribution in [0, 0.1) is 24.4 Å². The Morgan fingerprint density at radius 2 is 1.62 bits per heavy atom. The third-order valence-electron chi connectivity index (χ3n) is 12.4. The third kappa shape index (κ3) is 6.26. The number of hydrogen-bond donors (Lipinski definition) is 2. The van der Waals surface area contributed by atoms with Gasteiger partial charge in [0.25, 0.3) is 5.91 Å². The molecule has 16 nitrogen and oxygen atoms in total. The van der Waals surface area contributed by atoms with E-state index in [1.165, 1.54) is 15.4 Å². The van der Waals surface area contributed by atoms with Crippen molar-refractivity contribution in [2.24, 2.45) is 0 Å². The van der Waals surface area contributed by atoms with E-state index in [1.54, 1.807) is 72.2 Å². The van der Waals surface area contributed by atoms with E-state index in [1.807, 2.05) is 29.7 Å². The smallest absolute Gasteiger partial charge is 0.378 e. The van der Waals surface area contributed by atoms with Gasteiger partial charge in [-0.1, -0.05) is 5.16 Å². The second-order valence-electron chi connectivity index (χ2n) is 16.3. The van der Waals surface area contributed by atoms with Crippen molar-refractivity contribution in [2.75, 3.05) is 44.0 Å².